The van der Waals surface area contributed by atoms with Gasteiger partial charge in [0.05, 0.1) is 10.5 Å². The van der Waals surface area contributed by atoms with Crippen LogP contribution < -0.4 is 0 Å². The van der Waals surface area contributed by atoms with Crippen LogP contribution in [-0.4, -0.2) is 61.9 Å². The van der Waals surface area contributed by atoms with E-state index in [1.54, 1.807) is 37.4 Å². The van der Waals surface area contributed by atoms with Gasteiger partial charge >= 0.3 is 0 Å². The van der Waals surface area contributed by atoms with Crippen LogP contribution in [0.4, 0.5) is 0 Å². The fourth-order valence-electron chi connectivity index (χ4n) is 3.89. The number of carbonyl (C=O) groups excluding carboxylic acids is 1. The van der Waals surface area contributed by atoms with Crippen molar-refractivity contribution >= 4 is 15.9 Å². The van der Waals surface area contributed by atoms with Gasteiger partial charge < -0.3 is 9.64 Å². The Balaban J connectivity index is 1.77. The van der Waals surface area contributed by atoms with Crippen LogP contribution in [0.5, 0.6) is 0 Å². The van der Waals surface area contributed by atoms with Crippen molar-refractivity contribution < 1.29 is 17.9 Å². The predicted octanol–water partition coefficient (Wildman–Crippen LogP) is 2.26. The quantitative estimate of drug-likeness (QED) is 0.804. The standard InChI is InChI=1S/C19H28N2O4S/c1-19(25-2)11-7-13-20(15-12-19)18(22)17-10-6-14-21(17)26(23,24)16-8-4-3-5-9-16/h3-5,8-9,17H,6-7,10-15H2,1-2H3/t17-,19?/m1/s1. The van der Waals surface area contributed by atoms with E-state index in [2.05, 4.69) is 6.92 Å². The lowest BCUT2D eigenvalue weighted by atomic mass is 9.97. The third-order valence-corrected chi connectivity index (χ3v) is 7.61. The molecule has 0 aromatic heterocycles. The highest BCUT2D eigenvalue weighted by atomic mass is 32.2. The molecule has 144 valence electrons. The minimum Gasteiger partial charge on any atom is -0.378 e. The number of amides is 1. The van der Waals surface area contributed by atoms with E-state index in [0.29, 0.717) is 32.5 Å². The SMILES string of the molecule is COC1(C)CCCN(C(=O)[C@H]2CCCN2S(=O)(=O)c2ccccc2)CC1. The van der Waals surface area contributed by atoms with Crippen molar-refractivity contribution in [2.45, 2.75) is 55.6 Å². The summed E-state index contributed by atoms with van der Waals surface area (Å²) in [6.45, 7) is 3.74. The van der Waals surface area contributed by atoms with E-state index < -0.39 is 16.1 Å². The molecule has 2 aliphatic rings. The van der Waals surface area contributed by atoms with E-state index in [1.165, 1.54) is 4.31 Å². The Hall–Kier alpha value is -1.44. The lowest BCUT2D eigenvalue weighted by Gasteiger charge is -2.30. The van der Waals surface area contributed by atoms with Crippen LogP contribution in [0.2, 0.25) is 0 Å². The third kappa shape index (κ3) is 3.80. The van der Waals surface area contributed by atoms with E-state index >= 15 is 0 Å². The van der Waals surface area contributed by atoms with Crippen molar-refractivity contribution in [1.29, 1.82) is 0 Å². The number of ether oxygens (including phenoxy) is 1. The van der Waals surface area contributed by atoms with Crippen molar-refractivity contribution in [3.8, 4) is 0 Å². The Labute approximate surface area is 156 Å². The maximum absolute atomic E-state index is 13.1. The summed E-state index contributed by atoms with van der Waals surface area (Å²) in [5.74, 6) is -0.0673. The summed E-state index contributed by atoms with van der Waals surface area (Å²) < 4.78 is 33.0. The zero-order chi connectivity index (χ0) is 18.8. The first-order chi connectivity index (χ1) is 12.4. The monoisotopic (exact) mass is 380 g/mol. The maximum atomic E-state index is 13.1. The number of hydrogen-bond donors (Lipinski definition) is 0. The second kappa shape index (κ2) is 7.66. The van der Waals surface area contributed by atoms with Crippen LogP contribution in [-0.2, 0) is 19.6 Å². The first kappa shape index (κ1) is 19.3. The first-order valence-electron chi connectivity index (χ1n) is 9.28. The topological polar surface area (TPSA) is 66.9 Å². The molecule has 1 amide bonds. The van der Waals surface area contributed by atoms with E-state index in [1.807, 2.05) is 4.90 Å². The Morgan fingerprint density at radius 3 is 2.54 bits per heavy atom. The number of benzene rings is 1. The molecule has 1 unspecified atom stereocenters. The average molecular weight is 381 g/mol. The smallest absolute Gasteiger partial charge is 0.243 e. The number of likely N-dealkylation sites (tertiary alicyclic amines) is 1. The van der Waals surface area contributed by atoms with E-state index in [-0.39, 0.29) is 16.4 Å². The van der Waals surface area contributed by atoms with E-state index in [4.69, 9.17) is 4.74 Å². The third-order valence-electron chi connectivity index (χ3n) is 5.69. The zero-order valence-electron chi connectivity index (χ0n) is 15.6. The summed E-state index contributed by atoms with van der Waals surface area (Å²) in [5.41, 5.74) is -0.208. The molecule has 1 aromatic carbocycles. The van der Waals surface area contributed by atoms with Crippen molar-refractivity contribution in [3.63, 3.8) is 0 Å². The van der Waals surface area contributed by atoms with Crippen LogP contribution in [0, 0.1) is 0 Å². The van der Waals surface area contributed by atoms with Crippen LogP contribution in [0.1, 0.15) is 39.0 Å². The fraction of sp³-hybridized carbons (Fsp3) is 0.632. The summed E-state index contributed by atoms with van der Waals surface area (Å²) in [6, 6.07) is 7.79. The van der Waals surface area contributed by atoms with Crippen molar-refractivity contribution in [2.24, 2.45) is 0 Å². The number of hydrogen-bond acceptors (Lipinski definition) is 4. The molecule has 7 heteroatoms. The molecule has 0 N–H and O–H groups in total. The molecular weight excluding hydrogens is 352 g/mol. The van der Waals surface area contributed by atoms with Gasteiger partial charge in [-0.15, -0.1) is 0 Å². The molecule has 2 heterocycles. The van der Waals surface area contributed by atoms with Gasteiger partial charge in [-0.25, -0.2) is 8.42 Å². The number of rotatable bonds is 4. The minimum absolute atomic E-state index is 0.0673. The Bertz CT molecular complexity index is 737. The summed E-state index contributed by atoms with van der Waals surface area (Å²) >= 11 is 0. The molecule has 2 atom stereocenters. The Morgan fingerprint density at radius 2 is 1.85 bits per heavy atom. The van der Waals surface area contributed by atoms with Crippen LogP contribution in [0.3, 0.4) is 0 Å². The van der Waals surface area contributed by atoms with Crippen LogP contribution >= 0.6 is 0 Å². The van der Waals surface area contributed by atoms with Gasteiger partial charge in [-0.2, -0.15) is 4.31 Å². The van der Waals surface area contributed by atoms with Crippen LogP contribution in [0.15, 0.2) is 35.2 Å². The maximum Gasteiger partial charge on any atom is 0.243 e. The van der Waals surface area contributed by atoms with Crippen LogP contribution in [0.25, 0.3) is 0 Å². The largest absolute Gasteiger partial charge is 0.378 e. The fourth-order valence-corrected chi connectivity index (χ4v) is 5.56. The lowest BCUT2D eigenvalue weighted by Crippen LogP contribution is -2.48. The second-order valence-corrected chi connectivity index (χ2v) is 9.31. The average Bonchev–Trinajstić information content (AvgIpc) is 3.07. The summed E-state index contributed by atoms with van der Waals surface area (Å²) in [6.07, 6.45) is 3.85. The van der Waals surface area contributed by atoms with Gasteiger partial charge in [0.25, 0.3) is 0 Å². The molecule has 0 bridgehead atoms. The number of methoxy groups -OCH3 is 1. The molecule has 2 fully saturated rings. The molecule has 26 heavy (non-hydrogen) atoms. The molecule has 1 aromatic rings. The van der Waals surface area contributed by atoms with Crippen molar-refractivity contribution in [3.05, 3.63) is 30.3 Å². The molecule has 0 saturated carbocycles. The van der Waals surface area contributed by atoms with Gasteiger partial charge in [0.1, 0.15) is 6.04 Å². The molecule has 3 rings (SSSR count). The van der Waals surface area contributed by atoms with Gasteiger partial charge in [-0.3, -0.25) is 4.79 Å². The highest BCUT2D eigenvalue weighted by Gasteiger charge is 2.42. The van der Waals surface area contributed by atoms with Crippen molar-refractivity contribution in [1.82, 2.24) is 9.21 Å². The van der Waals surface area contributed by atoms with Gasteiger partial charge in [-0.1, -0.05) is 18.2 Å². The number of sulfonamides is 1. The Kier molecular flexibility index (Phi) is 5.69. The predicted molar refractivity (Wildman–Crippen MR) is 99.2 cm³/mol. The molecular formula is C19H28N2O4S. The van der Waals surface area contributed by atoms with E-state index in [9.17, 15) is 13.2 Å². The molecule has 2 aliphatic heterocycles. The molecule has 2 saturated heterocycles. The summed E-state index contributed by atoms with van der Waals surface area (Å²) in [5, 5.41) is 0. The molecule has 0 radical (unpaired) electrons. The highest BCUT2D eigenvalue weighted by molar-refractivity contribution is 7.89. The second-order valence-electron chi connectivity index (χ2n) is 7.42. The molecule has 6 nitrogen and oxygen atoms in total. The van der Waals surface area contributed by atoms with Gasteiger partial charge in [0.2, 0.25) is 15.9 Å². The first-order valence-corrected chi connectivity index (χ1v) is 10.7. The highest BCUT2D eigenvalue weighted by Crippen LogP contribution is 2.30. The van der Waals surface area contributed by atoms with Gasteiger partial charge in [0.15, 0.2) is 0 Å². The van der Waals surface area contributed by atoms with Gasteiger partial charge in [0, 0.05) is 26.7 Å². The molecule has 0 spiro atoms. The zero-order valence-corrected chi connectivity index (χ0v) is 16.4. The number of nitrogens with zero attached hydrogens (tertiary/aromatic N) is 2. The normalized spacial score (nSPS) is 28.1. The summed E-state index contributed by atoms with van der Waals surface area (Å²) in [4.78, 5) is 15.2. The minimum atomic E-state index is -3.65. The molecule has 0 aliphatic carbocycles. The van der Waals surface area contributed by atoms with Gasteiger partial charge in [-0.05, 0) is 51.2 Å². The summed E-state index contributed by atoms with van der Waals surface area (Å²) in [7, 11) is -1.94. The lowest BCUT2D eigenvalue weighted by molar-refractivity contribution is -0.134. The number of carbonyl (C=O) groups is 1. The Morgan fingerprint density at radius 1 is 1.12 bits per heavy atom. The van der Waals surface area contributed by atoms with Crippen molar-refractivity contribution in [2.75, 3.05) is 26.7 Å². The van der Waals surface area contributed by atoms with E-state index in [0.717, 1.165) is 19.3 Å².